The predicted octanol–water partition coefficient (Wildman–Crippen LogP) is 2.71. The molecule has 0 radical (unpaired) electrons. The van der Waals surface area contributed by atoms with Gasteiger partial charge in [-0.2, -0.15) is 0 Å². The lowest BCUT2D eigenvalue weighted by Crippen LogP contribution is -2.28. The predicted molar refractivity (Wildman–Crippen MR) is 68.7 cm³/mol. The molecule has 0 saturated carbocycles. The molecule has 0 fully saturated rings. The van der Waals surface area contributed by atoms with Crippen molar-refractivity contribution in [3.8, 4) is 0 Å². The first-order chi connectivity index (χ1) is 8.11. The van der Waals surface area contributed by atoms with Gasteiger partial charge in [-0.3, -0.25) is 0 Å². The van der Waals surface area contributed by atoms with Crippen LogP contribution in [-0.2, 0) is 0 Å². The first kappa shape index (κ1) is 13.5. The lowest BCUT2D eigenvalue weighted by Gasteiger charge is -2.24. The summed E-state index contributed by atoms with van der Waals surface area (Å²) < 4.78 is 0. The molecule has 0 aromatic carbocycles. The van der Waals surface area contributed by atoms with E-state index in [4.69, 9.17) is 0 Å². The number of anilines is 1. The Labute approximate surface area is 102 Å². The van der Waals surface area contributed by atoms with Crippen LogP contribution in [0.1, 0.15) is 42.6 Å². The molecular weight excluding hydrogens is 216 g/mol. The molecule has 4 nitrogen and oxygen atoms in total. The third-order valence-electron chi connectivity index (χ3n) is 2.64. The van der Waals surface area contributed by atoms with Crippen LogP contribution in [0.4, 0.5) is 5.82 Å². The molecule has 1 aromatic rings. The maximum Gasteiger partial charge on any atom is 0.339 e. The molecule has 1 aromatic heterocycles. The maximum absolute atomic E-state index is 11.3. The lowest BCUT2D eigenvalue weighted by atomic mass is 10.1. The molecule has 0 saturated heterocycles. The van der Waals surface area contributed by atoms with E-state index in [-0.39, 0.29) is 0 Å². The molecule has 94 valence electrons. The molecule has 1 heterocycles. The monoisotopic (exact) mass is 236 g/mol. The van der Waals surface area contributed by atoms with Gasteiger partial charge < -0.3 is 10.0 Å². The van der Waals surface area contributed by atoms with Crippen molar-refractivity contribution >= 4 is 11.8 Å². The van der Waals surface area contributed by atoms with Crippen LogP contribution in [0.2, 0.25) is 0 Å². The van der Waals surface area contributed by atoms with Crippen LogP contribution in [0, 0.1) is 6.92 Å². The molecular formula is C13H20N2O2. The first-order valence-electron chi connectivity index (χ1n) is 6.05. The van der Waals surface area contributed by atoms with Crippen molar-refractivity contribution in [1.29, 1.82) is 0 Å². The minimum atomic E-state index is -0.900. The van der Waals surface area contributed by atoms with Crippen LogP contribution in [0.25, 0.3) is 0 Å². The van der Waals surface area contributed by atoms with Gasteiger partial charge in [0, 0.05) is 19.3 Å². The number of aromatic carboxylic acids is 1. The van der Waals surface area contributed by atoms with Gasteiger partial charge in [0.25, 0.3) is 0 Å². The highest BCUT2D eigenvalue weighted by atomic mass is 16.4. The summed E-state index contributed by atoms with van der Waals surface area (Å²) in [5, 5.41) is 9.27. The summed E-state index contributed by atoms with van der Waals surface area (Å²) in [7, 11) is 0. The molecule has 0 atom stereocenters. The number of carbonyl (C=O) groups is 1. The van der Waals surface area contributed by atoms with E-state index in [0.717, 1.165) is 31.5 Å². The van der Waals surface area contributed by atoms with Crippen LogP contribution in [0.15, 0.2) is 12.3 Å². The normalized spacial score (nSPS) is 10.3. The van der Waals surface area contributed by atoms with E-state index in [2.05, 4.69) is 23.7 Å². The summed E-state index contributed by atoms with van der Waals surface area (Å²) in [5.41, 5.74) is 1.09. The second kappa shape index (κ2) is 6.23. The van der Waals surface area contributed by atoms with E-state index in [1.807, 2.05) is 6.92 Å². The van der Waals surface area contributed by atoms with Crippen LogP contribution >= 0.6 is 0 Å². The van der Waals surface area contributed by atoms with Crippen LogP contribution in [0.5, 0.6) is 0 Å². The molecule has 0 aliphatic carbocycles. The van der Waals surface area contributed by atoms with Gasteiger partial charge in [0.05, 0.1) is 0 Å². The topological polar surface area (TPSA) is 53.4 Å². The van der Waals surface area contributed by atoms with Crippen molar-refractivity contribution in [1.82, 2.24) is 4.98 Å². The number of carboxylic acids is 1. The van der Waals surface area contributed by atoms with E-state index >= 15 is 0 Å². The van der Waals surface area contributed by atoms with Gasteiger partial charge in [-0.05, 0) is 31.4 Å². The molecule has 1 N–H and O–H groups in total. The summed E-state index contributed by atoms with van der Waals surface area (Å²) >= 11 is 0. The largest absolute Gasteiger partial charge is 0.478 e. The third-order valence-corrected chi connectivity index (χ3v) is 2.64. The van der Waals surface area contributed by atoms with Gasteiger partial charge >= 0.3 is 5.97 Å². The summed E-state index contributed by atoms with van der Waals surface area (Å²) in [6, 6.07) is 1.74. The highest BCUT2D eigenvalue weighted by Crippen LogP contribution is 2.21. The number of carboxylic acid groups (broad SMARTS) is 1. The van der Waals surface area contributed by atoms with Gasteiger partial charge in [-0.15, -0.1) is 0 Å². The minimum Gasteiger partial charge on any atom is -0.478 e. The van der Waals surface area contributed by atoms with Crippen molar-refractivity contribution in [3.05, 3.63) is 23.4 Å². The lowest BCUT2D eigenvalue weighted by molar-refractivity contribution is 0.0696. The van der Waals surface area contributed by atoms with Gasteiger partial charge in [0.2, 0.25) is 0 Å². The number of rotatable bonds is 6. The molecule has 1 rings (SSSR count). The number of aromatic nitrogens is 1. The fraction of sp³-hybridized carbons (Fsp3) is 0.538. The smallest absolute Gasteiger partial charge is 0.339 e. The van der Waals surface area contributed by atoms with Gasteiger partial charge in [0.1, 0.15) is 11.4 Å². The summed E-state index contributed by atoms with van der Waals surface area (Å²) in [4.78, 5) is 17.6. The Morgan fingerprint density at radius 2 is 1.94 bits per heavy atom. The standard InChI is InChI=1S/C13H20N2O2/c1-4-8-15(9-5-2)12-11(13(16)17)10(3)6-7-14-12/h6-7H,4-5,8-9H2,1-3H3,(H,16,17). The average molecular weight is 236 g/mol. The Morgan fingerprint density at radius 3 is 2.41 bits per heavy atom. The van der Waals surface area contributed by atoms with E-state index in [1.165, 1.54) is 0 Å². The highest BCUT2D eigenvalue weighted by Gasteiger charge is 2.18. The molecule has 0 aliphatic heterocycles. The maximum atomic E-state index is 11.3. The van der Waals surface area contributed by atoms with E-state index in [0.29, 0.717) is 11.4 Å². The number of pyridine rings is 1. The Hall–Kier alpha value is -1.58. The third kappa shape index (κ3) is 3.19. The van der Waals surface area contributed by atoms with E-state index < -0.39 is 5.97 Å². The zero-order chi connectivity index (χ0) is 12.8. The van der Waals surface area contributed by atoms with Crippen LogP contribution in [-0.4, -0.2) is 29.1 Å². The fourth-order valence-corrected chi connectivity index (χ4v) is 1.91. The Morgan fingerprint density at radius 1 is 1.35 bits per heavy atom. The van der Waals surface area contributed by atoms with Crippen molar-refractivity contribution < 1.29 is 9.90 Å². The van der Waals surface area contributed by atoms with E-state index in [1.54, 1.807) is 12.3 Å². The molecule has 0 amide bonds. The minimum absolute atomic E-state index is 0.328. The van der Waals surface area contributed by atoms with Crippen molar-refractivity contribution in [2.24, 2.45) is 0 Å². The SMILES string of the molecule is CCCN(CCC)c1nccc(C)c1C(=O)O. The Bertz CT molecular complexity index is 385. The summed E-state index contributed by atoms with van der Waals surface area (Å²) in [5.74, 6) is -0.302. The van der Waals surface area contributed by atoms with Crippen LogP contribution < -0.4 is 4.90 Å². The molecule has 0 bridgehead atoms. The number of nitrogens with zero attached hydrogens (tertiary/aromatic N) is 2. The molecule has 0 unspecified atom stereocenters. The summed E-state index contributed by atoms with van der Waals surface area (Å²) in [6.45, 7) is 7.65. The summed E-state index contributed by atoms with van der Waals surface area (Å²) in [6.07, 6.45) is 3.64. The zero-order valence-corrected chi connectivity index (χ0v) is 10.7. The highest BCUT2D eigenvalue weighted by molar-refractivity contribution is 5.94. The second-order valence-electron chi connectivity index (χ2n) is 4.12. The Kier molecular flexibility index (Phi) is 4.94. The number of aryl methyl sites for hydroxylation is 1. The first-order valence-corrected chi connectivity index (χ1v) is 6.05. The molecule has 17 heavy (non-hydrogen) atoms. The molecule has 0 spiro atoms. The van der Waals surface area contributed by atoms with Gasteiger partial charge in [0.15, 0.2) is 0 Å². The zero-order valence-electron chi connectivity index (χ0n) is 10.7. The van der Waals surface area contributed by atoms with Crippen molar-refractivity contribution in [2.45, 2.75) is 33.6 Å². The molecule has 0 aliphatic rings. The fourth-order valence-electron chi connectivity index (χ4n) is 1.91. The van der Waals surface area contributed by atoms with Crippen LogP contribution in [0.3, 0.4) is 0 Å². The molecule has 4 heteroatoms. The van der Waals surface area contributed by atoms with E-state index in [9.17, 15) is 9.90 Å². The van der Waals surface area contributed by atoms with Gasteiger partial charge in [-0.25, -0.2) is 9.78 Å². The second-order valence-corrected chi connectivity index (χ2v) is 4.12. The van der Waals surface area contributed by atoms with Crippen molar-refractivity contribution in [2.75, 3.05) is 18.0 Å². The quantitative estimate of drug-likeness (QED) is 0.825. The number of hydrogen-bond acceptors (Lipinski definition) is 3. The Balaban J connectivity index is 3.17. The van der Waals surface area contributed by atoms with Crippen molar-refractivity contribution in [3.63, 3.8) is 0 Å². The number of hydrogen-bond donors (Lipinski definition) is 1. The van der Waals surface area contributed by atoms with Gasteiger partial charge in [-0.1, -0.05) is 13.8 Å². The average Bonchev–Trinajstić information content (AvgIpc) is 2.28.